The van der Waals surface area contributed by atoms with E-state index in [9.17, 15) is 4.79 Å². The maximum absolute atomic E-state index is 13.1. The Morgan fingerprint density at radius 2 is 2.23 bits per heavy atom. The number of benzene rings is 1. The molecule has 1 N–H and O–H groups in total. The Bertz CT molecular complexity index is 938. The minimum absolute atomic E-state index is 0.0211. The van der Waals surface area contributed by atoms with Crippen molar-refractivity contribution in [1.29, 1.82) is 0 Å². The molecule has 134 valence electrons. The lowest BCUT2D eigenvalue weighted by atomic mass is 10.1. The number of amides is 1. The van der Waals surface area contributed by atoms with Gasteiger partial charge in [0.2, 0.25) is 5.95 Å². The molecular formula is C18H20N6O2. The van der Waals surface area contributed by atoms with Crippen LogP contribution in [0.15, 0.2) is 36.7 Å². The third-order valence-electron chi connectivity index (χ3n) is 4.46. The summed E-state index contributed by atoms with van der Waals surface area (Å²) in [6, 6.07) is 7.44. The number of nitrogens with zero attached hydrogens (tertiary/aromatic N) is 5. The summed E-state index contributed by atoms with van der Waals surface area (Å²) in [4.78, 5) is 25.5. The van der Waals surface area contributed by atoms with Crippen LogP contribution >= 0.6 is 0 Å². The number of hydrogen-bond acceptors (Lipinski definition) is 6. The largest absolute Gasteiger partial charge is 0.368 e. The van der Waals surface area contributed by atoms with Crippen LogP contribution in [-0.2, 0) is 4.74 Å². The number of rotatable bonds is 3. The molecule has 8 nitrogen and oxygen atoms in total. The molecule has 3 heterocycles. The van der Waals surface area contributed by atoms with Gasteiger partial charge in [0.15, 0.2) is 0 Å². The Morgan fingerprint density at radius 1 is 1.35 bits per heavy atom. The van der Waals surface area contributed by atoms with Crippen molar-refractivity contribution in [3.05, 3.63) is 47.9 Å². The van der Waals surface area contributed by atoms with Crippen molar-refractivity contribution in [3.8, 4) is 0 Å². The van der Waals surface area contributed by atoms with Gasteiger partial charge in [-0.1, -0.05) is 6.07 Å². The van der Waals surface area contributed by atoms with Crippen molar-refractivity contribution in [3.63, 3.8) is 0 Å². The Hall–Kier alpha value is -3.00. The Morgan fingerprint density at radius 3 is 3.08 bits per heavy atom. The highest BCUT2D eigenvalue weighted by atomic mass is 16.5. The van der Waals surface area contributed by atoms with E-state index in [2.05, 4.69) is 20.2 Å². The lowest BCUT2D eigenvalue weighted by Gasteiger charge is -2.33. The Labute approximate surface area is 150 Å². The van der Waals surface area contributed by atoms with Crippen molar-refractivity contribution in [1.82, 2.24) is 25.1 Å². The van der Waals surface area contributed by atoms with Crippen LogP contribution in [0, 0.1) is 0 Å². The molecule has 3 aromatic rings. The minimum Gasteiger partial charge on any atom is -0.368 e. The third-order valence-corrected chi connectivity index (χ3v) is 4.46. The number of aromatic amines is 1. The molecule has 1 atom stereocenters. The topological polar surface area (TPSA) is 87.2 Å². The standard InChI is InChI=1S/C18H20N6O2/c1-23(2)18-19-7-6-15(21-18)16-11-24(8-9-26-16)17(25)12-4-3-5-14-13(12)10-20-22-14/h3-7,10,16H,8-9,11H2,1-2H3,(H,20,22)/t16-/m0/s1. The second-order valence-corrected chi connectivity index (χ2v) is 6.42. The van der Waals surface area contributed by atoms with E-state index in [4.69, 9.17) is 4.74 Å². The van der Waals surface area contributed by atoms with Gasteiger partial charge in [0.25, 0.3) is 5.91 Å². The minimum atomic E-state index is -0.266. The van der Waals surface area contributed by atoms with Crippen molar-refractivity contribution >= 4 is 22.8 Å². The summed E-state index contributed by atoms with van der Waals surface area (Å²) in [5, 5.41) is 7.77. The number of carbonyl (C=O) groups is 1. The van der Waals surface area contributed by atoms with Crippen LogP contribution < -0.4 is 4.90 Å². The van der Waals surface area contributed by atoms with Gasteiger partial charge in [-0.2, -0.15) is 5.10 Å². The fourth-order valence-electron chi connectivity index (χ4n) is 3.09. The summed E-state index contributed by atoms with van der Waals surface area (Å²) >= 11 is 0. The fourth-order valence-corrected chi connectivity index (χ4v) is 3.09. The summed E-state index contributed by atoms with van der Waals surface area (Å²) in [6.45, 7) is 1.48. The molecule has 0 bridgehead atoms. The number of fused-ring (bicyclic) bond motifs is 1. The summed E-state index contributed by atoms with van der Waals surface area (Å²) in [5.41, 5.74) is 2.28. The molecule has 0 unspecified atom stereocenters. The lowest BCUT2D eigenvalue weighted by Crippen LogP contribution is -2.42. The average molecular weight is 352 g/mol. The zero-order valence-electron chi connectivity index (χ0n) is 14.7. The van der Waals surface area contributed by atoms with E-state index < -0.39 is 0 Å². The molecule has 0 spiro atoms. The first-order valence-electron chi connectivity index (χ1n) is 8.47. The molecule has 1 fully saturated rings. The quantitative estimate of drug-likeness (QED) is 0.771. The van der Waals surface area contributed by atoms with E-state index in [1.54, 1.807) is 12.4 Å². The van der Waals surface area contributed by atoms with Gasteiger partial charge in [-0.25, -0.2) is 9.97 Å². The van der Waals surface area contributed by atoms with Crippen LogP contribution in [0.2, 0.25) is 0 Å². The number of carbonyl (C=O) groups excluding carboxylic acids is 1. The Kier molecular flexibility index (Phi) is 4.26. The molecule has 4 rings (SSSR count). The molecule has 2 aromatic heterocycles. The first-order valence-corrected chi connectivity index (χ1v) is 8.47. The molecular weight excluding hydrogens is 332 g/mol. The maximum atomic E-state index is 13.1. The predicted octanol–water partition coefficient (Wildman–Crippen LogP) is 1.63. The number of ether oxygens (including phenoxy) is 1. The van der Waals surface area contributed by atoms with Crippen molar-refractivity contribution in [2.24, 2.45) is 0 Å². The van der Waals surface area contributed by atoms with Gasteiger partial charge >= 0.3 is 0 Å². The molecule has 26 heavy (non-hydrogen) atoms. The van der Waals surface area contributed by atoms with E-state index >= 15 is 0 Å². The summed E-state index contributed by atoms with van der Waals surface area (Å²) in [6.07, 6.45) is 3.14. The van der Waals surface area contributed by atoms with E-state index in [1.807, 2.05) is 48.2 Å². The highest BCUT2D eigenvalue weighted by Crippen LogP contribution is 2.24. The highest BCUT2D eigenvalue weighted by Gasteiger charge is 2.28. The number of aromatic nitrogens is 4. The second-order valence-electron chi connectivity index (χ2n) is 6.42. The Balaban J connectivity index is 1.58. The highest BCUT2D eigenvalue weighted by molar-refractivity contribution is 6.06. The number of nitrogens with one attached hydrogen (secondary N) is 1. The molecule has 0 aliphatic carbocycles. The number of anilines is 1. The van der Waals surface area contributed by atoms with E-state index in [1.165, 1.54) is 0 Å². The first-order chi connectivity index (χ1) is 12.6. The predicted molar refractivity (Wildman–Crippen MR) is 97.0 cm³/mol. The van der Waals surface area contributed by atoms with Crippen molar-refractivity contribution in [2.45, 2.75) is 6.10 Å². The average Bonchev–Trinajstić information content (AvgIpc) is 3.16. The van der Waals surface area contributed by atoms with Gasteiger partial charge in [-0.05, 0) is 18.2 Å². The monoisotopic (exact) mass is 352 g/mol. The van der Waals surface area contributed by atoms with Crippen LogP contribution in [0.4, 0.5) is 5.95 Å². The van der Waals surface area contributed by atoms with Gasteiger partial charge in [-0.3, -0.25) is 9.89 Å². The van der Waals surface area contributed by atoms with Crippen LogP contribution in [0.3, 0.4) is 0 Å². The van der Waals surface area contributed by atoms with Gasteiger partial charge in [0.05, 0.1) is 36.1 Å². The first kappa shape index (κ1) is 16.5. The SMILES string of the molecule is CN(C)c1nccc([C@@H]2CN(C(=O)c3cccc4[nH]ncc34)CCO2)n1. The number of hydrogen-bond donors (Lipinski definition) is 1. The van der Waals surface area contributed by atoms with Crippen LogP contribution in [0.25, 0.3) is 10.9 Å². The van der Waals surface area contributed by atoms with Crippen LogP contribution in [0.5, 0.6) is 0 Å². The summed E-state index contributed by atoms with van der Waals surface area (Å²) < 4.78 is 5.87. The molecule has 0 saturated carbocycles. The molecule has 1 saturated heterocycles. The third kappa shape index (κ3) is 2.99. The van der Waals surface area contributed by atoms with Crippen LogP contribution in [-0.4, -0.2) is 64.8 Å². The lowest BCUT2D eigenvalue weighted by molar-refractivity contribution is -0.0246. The van der Waals surface area contributed by atoms with E-state index in [0.29, 0.717) is 31.2 Å². The maximum Gasteiger partial charge on any atom is 0.254 e. The molecule has 1 aromatic carbocycles. The molecule has 1 aliphatic rings. The second kappa shape index (κ2) is 6.72. The number of H-pyrrole nitrogens is 1. The molecule has 1 aliphatic heterocycles. The van der Waals surface area contributed by atoms with Gasteiger partial charge in [0, 0.05) is 32.2 Å². The molecule has 1 amide bonds. The number of morpholine rings is 1. The van der Waals surface area contributed by atoms with Gasteiger partial charge in [-0.15, -0.1) is 0 Å². The smallest absolute Gasteiger partial charge is 0.254 e. The van der Waals surface area contributed by atoms with Crippen LogP contribution in [0.1, 0.15) is 22.2 Å². The van der Waals surface area contributed by atoms with E-state index in [0.717, 1.165) is 16.6 Å². The summed E-state index contributed by atoms with van der Waals surface area (Å²) in [7, 11) is 3.78. The van der Waals surface area contributed by atoms with Crippen molar-refractivity contribution < 1.29 is 9.53 Å². The molecule has 0 radical (unpaired) electrons. The van der Waals surface area contributed by atoms with Crippen molar-refractivity contribution in [2.75, 3.05) is 38.7 Å². The molecule has 8 heteroatoms. The normalized spacial score (nSPS) is 17.5. The fraction of sp³-hybridized carbons (Fsp3) is 0.333. The zero-order chi connectivity index (χ0) is 18.1. The van der Waals surface area contributed by atoms with Gasteiger partial charge in [0.1, 0.15) is 6.10 Å². The zero-order valence-corrected chi connectivity index (χ0v) is 14.7. The van der Waals surface area contributed by atoms with E-state index in [-0.39, 0.29) is 12.0 Å². The van der Waals surface area contributed by atoms with Gasteiger partial charge < -0.3 is 14.5 Å². The summed E-state index contributed by atoms with van der Waals surface area (Å²) in [5.74, 6) is 0.602.